The van der Waals surface area contributed by atoms with Gasteiger partial charge in [0.25, 0.3) is 0 Å². The van der Waals surface area contributed by atoms with Crippen LogP contribution in [0.2, 0.25) is 0 Å². The molecular formula is C19H30IN3O. The number of halogens is 1. The van der Waals surface area contributed by atoms with Gasteiger partial charge in [0.1, 0.15) is 0 Å². The molecule has 0 aromatic rings. The molecule has 2 bridgehead atoms. The van der Waals surface area contributed by atoms with Crippen molar-refractivity contribution in [3.8, 4) is 0 Å². The van der Waals surface area contributed by atoms with Crippen LogP contribution in [0.25, 0.3) is 0 Å². The Morgan fingerprint density at radius 1 is 0.958 bits per heavy atom. The average Bonchev–Trinajstić information content (AvgIpc) is 2.93. The first-order valence-corrected chi connectivity index (χ1v) is 9.97. The van der Waals surface area contributed by atoms with Crippen LogP contribution in [0.4, 0.5) is 0 Å². The summed E-state index contributed by atoms with van der Waals surface area (Å²) in [6.45, 7) is 2.66. The van der Waals surface area contributed by atoms with E-state index in [9.17, 15) is 5.11 Å². The van der Waals surface area contributed by atoms with E-state index < -0.39 is 5.60 Å². The van der Waals surface area contributed by atoms with Gasteiger partial charge in [0.05, 0.1) is 12.1 Å². The highest BCUT2D eigenvalue weighted by molar-refractivity contribution is 14.0. The Labute approximate surface area is 161 Å². The fourth-order valence-corrected chi connectivity index (χ4v) is 8.54. The molecule has 0 aromatic carbocycles. The Morgan fingerprint density at radius 2 is 1.62 bits per heavy atom. The molecule has 0 amide bonds. The Hall–Kier alpha value is -0.0400. The normalized spacial score (nSPS) is 56.4. The smallest absolute Gasteiger partial charge is 0.191 e. The number of nitrogens with zero attached hydrogens (tertiary/aromatic N) is 2. The van der Waals surface area contributed by atoms with Gasteiger partial charge in [-0.2, -0.15) is 0 Å². The third-order valence-electron chi connectivity index (χ3n) is 8.94. The quantitative estimate of drug-likeness (QED) is 0.391. The molecule has 134 valence electrons. The van der Waals surface area contributed by atoms with E-state index in [1.807, 2.05) is 0 Å². The van der Waals surface area contributed by atoms with Crippen molar-refractivity contribution in [3.05, 3.63) is 0 Å². The summed E-state index contributed by atoms with van der Waals surface area (Å²) in [6.07, 6.45) is 7.92. The third kappa shape index (κ3) is 1.72. The summed E-state index contributed by atoms with van der Waals surface area (Å²) in [4.78, 5) is 7.01. The van der Waals surface area contributed by atoms with E-state index in [2.05, 4.69) is 4.90 Å². The van der Waals surface area contributed by atoms with Crippen molar-refractivity contribution in [2.75, 3.05) is 19.6 Å². The van der Waals surface area contributed by atoms with Crippen molar-refractivity contribution >= 4 is 29.9 Å². The van der Waals surface area contributed by atoms with Gasteiger partial charge < -0.3 is 15.7 Å². The van der Waals surface area contributed by atoms with Crippen molar-refractivity contribution in [1.82, 2.24) is 4.90 Å². The van der Waals surface area contributed by atoms with Crippen molar-refractivity contribution in [3.63, 3.8) is 0 Å². The summed E-state index contributed by atoms with van der Waals surface area (Å²) in [5.41, 5.74) is 5.79. The minimum absolute atomic E-state index is 0. The zero-order valence-corrected chi connectivity index (χ0v) is 16.6. The van der Waals surface area contributed by atoms with E-state index in [0.717, 1.165) is 48.6 Å². The number of fused-ring (bicyclic) bond motifs is 2. The number of guanidine groups is 1. The zero-order chi connectivity index (χ0) is 15.3. The second-order valence-corrected chi connectivity index (χ2v) is 9.40. The van der Waals surface area contributed by atoms with Crippen LogP contribution in [0.15, 0.2) is 4.99 Å². The van der Waals surface area contributed by atoms with Gasteiger partial charge in [0, 0.05) is 13.1 Å². The molecular weight excluding hydrogens is 413 g/mol. The van der Waals surface area contributed by atoms with Gasteiger partial charge in [-0.05, 0) is 73.0 Å². The molecule has 24 heavy (non-hydrogen) atoms. The fraction of sp³-hybridized carbons (Fsp3) is 0.947. The van der Waals surface area contributed by atoms with Gasteiger partial charge in [-0.1, -0.05) is 12.8 Å². The molecule has 9 unspecified atom stereocenters. The van der Waals surface area contributed by atoms with E-state index in [1.165, 1.54) is 38.5 Å². The summed E-state index contributed by atoms with van der Waals surface area (Å²) >= 11 is 0. The molecule has 1 heterocycles. The van der Waals surface area contributed by atoms with E-state index in [-0.39, 0.29) is 24.0 Å². The third-order valence-corrected chi connectivity index (χ3v) is 8.94. The van der Waals surface area contributed by atoms with Gasteiger partial charge in [0.15, 0.2) is 5.96 Å². The van der Waals surface area contributed by atoms with Crippen molar-refractivity contribution in [2.24, 2.45) is 58.1 Å². The van der Waals surface area contributed by atoms with Crippen molar-refractivity contribution in [1.29, 1.82) is 0 Å². The van der Waals surface area contributed by atoms with Crippen LogP contribution in [0, 0.1) is 47.3 Å². The molecule has 0 aromatic heterocycles. The summed E-state index contributed by atoms with van der Waals surface area (Å²) in [6, 6.07) is 0. The SMILES string of the molecule is I.NC(=NCC1(O)C2C3CC4C5C3CC2C5C41)N1CCCCCC1. The van der Waals surface area contributed by atoms with E-state index in [1.54, 1.807) is 0 Å². The molecule has 0 spiro atoms. The molecule has 0 radical (unpaired) electrons. The summed E-state index contributed by atoms with van der Waals surface area (Å²) in [5.74, 6) is 7.11. The molecule has 1 saturated heterocycles. The van der Waals surface area contributed by atoms with Gasteiger partial charge in [-0.25, -0.2) is 0 Å². The van der Waals surface area contributed by atoms with Crippen molar-refractivity contribution in [2.45, 2.75) is 44.1 Å². The van der Waals surface area contributed by atoms with Crippen LogP contribution in [-0.4, -0.2) is 41.2 Å². The molecule has 4 nitrogen and oxygen atoms in total. The number of nitrogens with two attached hydrogens (primary N) is 1. The van der Waals surface area contributed by atoms with Gasteiger partial charge in [0.2, 0.25) is 0 Å². The molecule has 9 atom stereocenters. The second-order valence-electron chi connectivity index (χ2n) is 9.40. The van der Waals surface area contributed by atoms with Crippen molar-refractivity contribution < 1.29 is 5.11 Å². The maximum Gasteiger partial charge on any atom is 0.191 e. The average molecular weight is 443 g/mol. The standard InChI is InChI=1S/C19H29N3O.HI/c20-18(22-5-3-1-2-4-6-22)21-9-19(23)16-11-8-12-14-10(11)7-13(16)15(14)17(12)19;/h10-17,23H,1-9H2,(H2,20,21);1H. The maximum absolute atomic E-state index is 11.6. The number of aliphatic hydroxyl groups is 1. The monoisotopic (exact) mass is 443 g/mol. The lowest BCUT2D eigenvalue weighted by molar-refractivity contribution is -0.123. The minimum atomic E-state index is -0.513. The van der Waals surface area contributed by atoms with E-state index >= 15 is 0 Å². The lowest BCUT2D eigenvalue weighted by Crippen LogP contribution is -2.56. The Kier molecular flexibility index (Phi) is 3.53. The molecule has 5 aliphatic carbocycles. The molecule has 6 fully saturated rings. The lowest BCUT2D eigenvalue weighted by atomic mass is 9.56. The zero-order valence-electron chi connectivity index (χ0n) is 14.3. The first-order valence-electron chi connectivity index (χ1n) is 9.97. The lowest BCUT2D eigenvalue weighted by Gasteiger charge is -2.51. The molecule has 6 aliphatic rings. The van der Waals surface area contributed by atoms with Crippen LogP contribution in [0.5, 0.6) is 0 Å². The van der Waals surface area contributed by atoms with Crippen LogP contribution in [-0.2, 0) is 0 Å². The number of aliphatic imine (C=N–C) groups is 1. The minimum Gasteiger partial charge on any atom is -0.387 e. The Morgan fingerprint density at radius 3 is 2.38 bits per heavy atom. The second kappa shape index (κ2) is 5.24. The highest BCUT2D eigenvalue weighted by Gasteiger charge is 2.84. The summed E-state index contributed by atoms with van der Waals surface area (Å²) < 4.78 is 0. The molecule has 1 aliphatic heterocycles. The van der Waals surface area contributed by atoms with Gasteiger partial charge in [-0.3, -0.25) is 4.99 Å². The molecule has 6 rings (SSSR count). The number of likely N-dealkylation sites (tertiary alicyclic amines) is 1. The molecule has 5 heteroatoms. The molecule has 5 saturated carbocycles. The molecule has 3 N–H and O–H groups in total. The van der Waals surface area contributed by atoms with Gasteiger partial charge >= 0.3 is 0 Å². The largest absolute Gasteiger partial charge is 0.387 e. The van der Waals surface area contributed by atoms with Gasteiger partial charge in [-0.15, -0.1) is 24.0 Å². The Bertz CT molecular complexity index is 569. The summed E-state index contributed by atoms with van der Waals surface area (Å²) in [5, 5.41) is 11.6. The number of hydrogen-bond donors (Lipinski definition) is 2. The van der Waals surface area contributed by atoms with E-state index in [0.29, 0.717) is 24.3 Å². The topological polar surface area (TPSA) is 61.9 Å². The highest BCUT2D eigenvalue weighted by atomic mass is 127. The maximum atomic E-state index is 11.6. The van der Waals surface area contributed by atoms with Crippen LogP contribution in [0.1, 0.15) is 38.5 Å². The van der Waals surface area contributed by atoms with Crippen LogP contribution < -0.4 is 5.73 Å². The number of rotatable bonds is 2. The van der Waals surface area contributed by atoms with Crippen LogP contribution in [0.3, 0.4) is 0 Å². The van der Waals surface area contributed by atoms with E-state index in [4.69, 9.17) is 10.7 Å². The predicted octanol–water partition coefficient (Wildman–Crippen LogP) is 2.30. The summed E-state index contributed by atoms with van der Waals surface area (Å²) in [7, 11) is 0. The first kappa shape index (κ1) is 16.2. The number of hydrogen-bond acceptors (Lipinski definition) is 2. The Balaban J connectivity index is 0.00000131. The van der Waals surface area contributed by atoms with Crippen LogP contribution >= 0.6 is 24.0 Å². The first-order chi connectivity index (χ1) is 11.2. The highest BCUT2D eigenvalue weighted by Crippen LogP contribution is 2.85. The predicted molar refractivity (Wildman–Crippen MR) is 104 cm³/mol. The fourth-order valence-electron chi connectivity index (χ4n) is 8.54.